The molecule has 0 saturated carbocycles. The van der Waals surface area contributed by atoms with Crippen molar-refractivity contribution in [2.45, 2.75) is 13.8 Å². The highest BCUT2D eigenvalue weighted by atomic mass is 16.5. The standard InChI is InChI=1S/C13H16N2O3/c1-8(2)13(17)14-9-5-4-6-10-12(9)18-7-11(16)15(10)3/h4-6,8H,7H2,1-3H3,(H,14,17). The second kappa shape index (κ2) is 4.68. The van der Waals surface area contributed by atoms with Crippen LogP contribution < -0.4 is 15.0 Å². The molecule has 1 N–H and O–H groups in total. The number of carbonyl (C=O) groups excluding carboxylic acids is 2. The highest BCUT2D eigenvalue weighted by Crippen LogP contribution is 2.38. The predicted octanol–water partition coefficient (Wildman–Crippen LogP) is 1.64. The maximum Gasteiger partial charge on any atom is 0.264 e. The van der Waals surface area contributed by atoms with Gasteiger partial charge in [-0.15, -0.1) is 0 Å². The number of nitrogens with one attached hydrogen (secondary N) is 1. The average molecular weight is 248 g/mol. The first kappa shape index (κ1) is 12.4. The number of anilines is 2. The Bertz CT molecular complexity index is 497. The van der Waals surface area contributed by atoms with Gasteiger partial charge in [0.15, 0.2) is 12.4 Å². The summed E-state index contributed by atoms with van der Waals surface area (Å²) in [5.41, 5.74) is 1.28. The van der Waals surface area contributed by atoms with E-state index >= 15 is 0 Å². The Balaban J connectivity index is 2.34. The van der Waals surface area contributed by atoms with Crippen LogP contribution in [-0.4, -0.2) is 25.5 Å². The van der Waals surface area contributed by atoms with Crippen LogP contribution in [0.5, 0.6) is 5.75 Å². The highest BCUT2D eigenvalue weighted by molar-refractivity contribution is 6.01. The predicted molar refractivity (Wildman–Crippen MR) is 68.8 cm³/mol. The summed E-state index contributed by atoms with van der Waals surface area (Å²) in [6.07, 6.45) is 0. The maximum absolute atomic E-state index is 11.7. The van der Waals surface area contributed by atoms with E-state index in [1.54, 1.807) is 25.2 Å². The molecule has 5 heteroatoms. The summed E-state index contributed by atoms with van der Waals surface area (Å²) in [6, 6.07) is 5.34. The van der Waals surface area contributed by atoms with E-state index in [-0.39, 0.29) is 24.3 Å². The van der Waals surface area contributed by atoms with Crippen LogP contribution in [-0.2, 0) is 9.59 Å². The number of rotatable bonds is 2. The van der Waals surface area contributed by atoms with E-state index in [4.69, 9.17) is 4.74 Å². The van der Waals surface area contributed by atoms with Gasteiger partial charge < -0.3 is 15.0 Å². The van der Waals surface area contributed by atoms with Crippen molar-refractivity contribution in [1.82, 2.24) is 0 Å². The third-order valence-electron chi connectivity index (χ3n) is 2.85. The number of para-hydroxylation sites is 1. The largest absolute Gasteiger partial charge is 0.479 e. The van der Waals surface area contributed by atoms with E-state index in [9.17, 15) is 9.59 Å². The fourth-order valence-electron chi connectivity index (χ4n) is 1.68. The van der Waals surface area contributed by atoms with Crippen LogP contribution in [0.4, 0.5) is 11.4 Å². The minimum Gasteiger partial charge on any atom is -0.479 e. The Kier molecular flexibility index (Phi) is 3.23. The molecular formula is C13H16N2O3. The third kappa shape index (κ3) is 2.16. The van der Waals surface area contributed by atoms with Crippen molar-refractivity contribution in [3.8, 4) is 5.75 Å². The molecular weight excluding hydrogens is 232 g/mol. The van der Waals surface area contributed by atoms with E-state index in [1.165, 1.54) is 4.90 Å². The lowest BCUT2D eigenvalue weighted by Gasteiger charge is -2.27. The van der Waals surface area contributed by atoms with Gasteiger partial charge in [0.05, 0.1) is 11.4 Å². The quantitative estimate of drug-likeness (QED) is 0.865. The average Bonchev–Trinajstić information content (AvgIpc) is 2.34. The number of nitrogens with zero attached hydrogens (tertiary/aromatic N) is 1. The second-order valence-corrected chi connectivity index (χ2v) is 4.54. The van der Waals surface area contributed by atoms with Crippen LogP contribution in [0.15, 0.2) is 18.2 Å². The summed E-state index contributed by atoms with van der Waals surface area (Å²) < 4.78 is 5.41. The summed E-state index contributed by atoms with van der Waals surface area (Å²) in [5.74, 6) is 0.263. The first-order chi connectivity index (χ1) is 8.50. The molecule has 1 heterocycles. The van der Waals surface area contributed by atoms with Gasteiger partial charge in [-0.2, -0.15) is 0 Å². The third-order valence-corrected chi connectivity index (χ3v) is 2.85. The monoisotopic (exact) mass is 248 g/mol. The number of hydrogen-bond donors (Lipinski definition) is 1. The zero-order valence-corrected chi connectivity index (χ0v) is 10.7. The Morgan fingerprint density at radius 2 is 2.17 bits per heavy atom. The molecule has 0 fully saturated rings. The SMILES string of the molecule is CC(C)C(=O)Nc1cccc2c1OCC(=O)N2C. The van der Waals surface area contributed by atoms with Gasteiger partial charge >= 0.3 is 0 Å². The molecule has 1 aliphatic heterocycles. The van der Waals surface area contributed by atoms with Gasteiger partial charge in [0.25, 0.3) is 5.91 Å². The first-order valence-electron chi connectivity index (χ1n) is 5.84. The zero-order valence-electron chi connectivity index (χ0n) is 10.7. The number of likely N-dealkylation sites (N-methyl/N-ethyl adjacent to an activating group) is 1. The van der Waals surface area contributed by atoms with Crippen molar-refractivity contribution < 1.29 is 14.3 Å². The van der Waals surface area contributed by atoms with Gasteiger partial charge in [-0.3, -0.25) is 9.59 Å². The molecule has 0 bridgehead atoms. The highest BCUT2D eigenvalue weighted by Gasteiger charge is 2.25. The van der Waals surface area contributed by atoms with Gasteiger partial charge in [0.2, 0.25) is 5.91 Å². The first-order valence-corrected chi connectivity index (χ1v) is 5.84. The van der Waals surface area contributed by atoms with Gasteiger partial charge in [0.1, 0.15) is 0 Å². The molecule has 0 atom stereocenters. The topological polar surface area (TPSA) is 58.6 Å². The Morgan fingerprint density at radius 3 is 2.83 bits per heavy atom. The molecule has 1 aromatic carbocycles. The number of hydrogen-bond acceptors (Lipinski definition) is 3. The number of amides is 2. The van der Waals surface area contributed by atoms with Gasteiger partial charge in [-0.25, -0.2) is 0 Å². The number of ether oxygens (including phenoxy) is 1. The minimum atomic E-state index is -0.108. The van der Waals surface area contributed by atoms with E-state index in [0.29, 0.717) is 17.1 Å². The van der Waals surface area contributed by atoms with Crippen LogP contribution in [0.1, 0.15) is 13.8 Å². The van der Waals surface area contributed by atoms with Crippen molar-refractivity contribution in [1.29, 1.82) is 0 Å². The van der Waals surface area contributed by atoms with E-state index in [1.807, 2.05) is 13.8 Å². The molecule has 18 heavy (non-hydrogen) atoms. The van der Waals surface area contributed by atoms with Crippen molar-refractivity contribution >= 4 is 23.2 Å². The van der Waals surface area contributed by atoms with E-state index < -0.39 is 0 Å². The van der Waals surface area contributed by atoms with Gasteiger partial charge in [0, 0.05) is 13.0 Å². The Morgan fingerprint density at radius 1 is 1.44 bits per heavy atom. The number of fused-ring (bicyclic) bond motifs is 1. The van der Waals surface area contributed by atoms with Crippen LogP contribution in [0.2, 0.25) is 0 Å². The smallest absolute Gasteiger partial charge is 0.264 e. The molecule has 96 valence electrons. The Hall–Kier alpha value is -2.04. The molecule has 0 radical (unpaired) electrons. The number of benzene rings is 1. The minimum absolute atomic E-state index is 0.00192. The van der Waals surface area contributed by atoms with Crippen LogP contribution in [0.25, 0.3) is 0 Å². The normalized spacial score (nSPS) is 14.2. The molecule has 0 aromatic heterocycles. The van der Waals surface area contributed by atoms with Crippen LogP contribution in [0.3, 0.4) is 0 Å². The fourth-order valence-corrected chi connectivity index (χ4v) is 1.68. The summed E-state index contributed by atoms with van der Waals surface area (Å²) in [6.45, 7) is 3.64. The summed E-state index contributed by atoms with van der Waals surface area (Å²) in [7, 11) is 1.69. The zero-order chi connectivity index (χ0) is 13.3. The van der Waals surface area contributed by atoms with E-state index in [2.05, 4.69) is 5.32 Å². The summed E-state index contributed by atoms with van der Waals surface area (Å²) in [5, 5.41) is 2.80. The molecule has 1 aromatic rings. The molecule has 0 aliphatic carbocycles. The van der Waals surface area contributed by atoms with Crippen LogP contribution in [0, 0.1) is 5.92 Å². The molecule has 1 aliphatic rings. The second-order valence-electron chi connectivity index (χ2n) is 4.54. The molecule has 5 nitrogen and oxygen atoms in total. The van der Waals surface area contributed by atoms with Crippen molar-refractivity contribution in [2.75, 3.05) is 23.9 Å². The van der Waals surface area contributed by atoms with Crippen molar-refractivity contribution in [2.24, 2.45) is 5.92 Å². The summed E-state index contributed by atoms with van der Waals surface area (Å²) in [4.78, 5) is 24.7. The molecule has 2 rings (SSSR count). The summed E-state index contributed by atoms with van der Waals surface area (Å²) >= 11 is 0. The van der Waals surface area contributed by atoms with E-state index in [0.717, 1.165) is 0 Å². The van der Waals surface area contributed by atoms with Crippen molar-refractivity contribution in [3.63, 3.8) is 0 Å². The van der Waals surface area contributed by atoms with Gasteiger partial charge in [-0.05, 0) is 12.1 Å². The lowest BCUT2D eigenvalue weighted by atomic mass is 10.1. The number of carbonyl (C=O) groups is 2. The molecule has 0 spiro atoms. The fraction of sp³-hybridized carbons (Fsp3) is 0.385. The van der Waals surface area contributed by atoms with Crippen LogP contribution >= 0.6 is 0 Å². The lowest BCUT2D eigenvalue weighted by molar-refractivity contribution is -0.121. The maximum atomic E-state index is 11.7. The van der Waals surface area contributed by atoms with Crippen molar-refractivity contribution in [3.05, 3.63) is 18.2 Å². The molecule has 2 amide bonds. The molecule has 0 unspecified atom stereocenters. The molecule has 0 saturated heterocycles. The lowest BCUT2D eigenvalue weighted by Crippen LogP contribution is -2.35. The van der Waals surface area contributed by atoms with Gasteiger partial charge in [-0.1, -0.05) is 19.9 Å². The Labute approximate surface area is 106 Å².